The van der Waals surface area contributed by atoms with Crippen molar-refractivity contribution in [1.82, 2.24) is 0 Å². The van der Waals surface area contributed by atoms with Crippen molar-refractivity contribution in [2.75, 3.05) is 19.0 Å². The van der Waals surface area contributed by atoms with Gasteiger partial charge in [0.25, 0.3) is 0 Å². The Hall–Kier alpha value is 0.320. The predicted octanol–water partition coefficient (Wildman–Crippen LogP) is 1.91. The molecule has 2 saturated heterocycles. The van der Waals surface area contributed by atoms with Crippen molar-refractivity contribution in [3.05, 3.63) is 0 Å². The molecule has 2 aliphatic heterocycles. The molecule has 0 radical (unpaired) electrons. The van der Waals surface area contributed by atoms with E-state index in [2.05, 4.69) is 15.9 Å². The second-order valence-corrected chi connectivity index (χ2v) is 6.32. The monoisotopic (exact) mass is 306 g/mol. The molecule has 17 heavy (non-hydrogen) atoms. The summed E-state index contributed by atoms with van der Waals surface area (Å²) in [6, 6.07) is 0. The lowest BCUT2D eigenvalue weighted by Crippen LogP contribution is -2.35. The van der Waals surface area contributed by atoms with Crippen LogP contribution in [0, 0.1) is 11.3 Å². The second kappa shape index (κ2) is 3.90. The maximum Gasteiger partial charge on any atom is 0.188 e. The smallest absolute Gasteiger partial charge is 0.188 e. The van der Waals surface area contributed by atoms with E-state index in [0.29, 0.717) is 12.5 Å². The van der Waals surface area contributed by atoms with Crippen LogP contribution >= 0.6 is 15.9 Å². The SMILES string of the molecule is COC[C@H]1O[C@@H]2OC(C)(C)O[C@@H]2[C@@]12CC2CBr. The van der Waals surface area contributed by atoms with E-state index in [1.807, 2.05) is 13.8 Å². The third-order valence-corrected chi connectivity index (χ3v) is 4.97. The fourth-order valence-corrected chi connectivity index (χ4v) is 4.15. The number of methoxy groups -OCH3 is 1. The largest absolute Gasteiger partial charge is 0.382 e. The van der Waals surface area contributed by atoms with Crippen LogP contribution in [0.4, 0.5) is 0 Å². The molecule has 98 valence electrons. The summed E-state index contributed by atoms with van der Waals surface area (Å²) in [5.74, 6) is 0.0787. The number of hydrogen-bond acceptors (Lipinski definition) is 4. The van der Waals surface area contributed by atoms with E-state index in [1.54, 1.807) is 7.11 Å². The minimum absolute atomic E-state index is 0.0557. The minimum Gasteiger partial charge on any atom is -0.382 e. The molecule has 0 aromatic heterocycles. The zero-order valence-electron chi connectivity index (χ0n) is 10.4. The first-order valence-corrected chi connectivity index (χ1v) is 7.21. The Balaban J connectivity index is 1.82. The molecule has 4 nitrogen and oxygen atoms in total. The fraction of sp³-hybridized carbons (Fsp3) is 1.00. The molecule has 0 amide bonds. The molecule has 1 aliphatic carbocycles. The fourth-order valence-electron chi connectivity index (χ4n) is 3.32. The number of hydrogen-bond donors (Lipinski definition) is 0. The Morgan fingerprint density at radius 2 is 2.12 bits per heavy atom. The van der Waals surface area contributed by atoms with Gasteiger partial charge < -0.3 is 18.9 Å². The molecule has 3 fully saturated rings. The van der Waals surface area contributed by atoms with Crippen LogP contribution in [0.15, 0.2) is 0 Å². The zero-order chi connectivity index (χ0) is 12.3. The number of halogens is 1. The Morgan fingerprint density at radius 1 is 1.35 bits per heavy atom. The molecule has 0 bridgehead atoms. The molecular weight excluding hydrogens is 288 g/mol. The highest BCUT2D eigenvalue weighted by Crippen LogP contribution is 2.66. The molecule has 0 aromatic carbocycles. The maximum absolute atomic E-state index is 6.04. The highest BCUT2D eigenvalue weighted by molar-refractivity contribution is 9.09. The van der Waals surface area contributed by atoms with Gasteiger partial charge in [0.1, 0.15) is 6.10 Å². The summed E-state index contributed by atoms with van der Waals surface area (Å²) in [6.07, 6.45) is 1.06. The van der Waals surface area contributed by atoms with E-state index < -0.39 is 5.79 Å². The molecule has 2 heterocycles. The summed E-state index contributed by atoms with van der Waals surface area (Å²) in [5.41, 5.74) is 0.0952. The number of rotatable bonds is 3. The number of ether oxygens (including phenoxy) is 4. The predicted molar refractivity (Wildman–Crippen MR) is 64.9 cm³/mol. The maximum atomic E-state index is 6.04. The highest BCUT2D eigenvalue weighted by atomic mass is 79.9. The minimum atomic E-state index is -0.528. The lowest BCUT2D eigenvalue weighted by molar-refractivity contribution is -0.217. The van der Waals surface area contributed by atoms with Gasteiger partial charge in [-0.15, -0.1) is 0 Å². The van der Waals surface area contributed by atoms with Crippen molar-refractivity contribution < 1.29 is 18.9 Å². The van der Waals surface area contributed by atoms with Crippen LogP contribution in [0.2, 0.25) is 0 Å². The summed E-state index contributed by atoms with van der Waals surface area (Å²) in [6.45, 7) is 4.50. The van der Waals surface area contributed by atoms with E-state index in [9.17, 15) is 0 Å². The standard InChI is InChI=1S/C12H19BrO4/c1-11(2)16-9-10(17-11)15-8(6-14-3)12(9)4-7(12)5-13/h7-10H,4-6H2,1-3H3/t7?,8-,9+,10-,12-/m1/s1. The topological polar surface area (TPSA) is 36.9 Å². The molecular formula is C12H19BrO4. The van der Waals surface area contributed by atoms with Crippen LogP contribution < -0.4 is 0 Å². The van der Waals surface area contributed by atoms with Crippen molar-refractivity contribution in [2.45, 2.75) is 44.6 Å². The summed E-state index contributed by atoms with van der Waals surface area (Å²) in [4.78, 5) is 0. The number of fused-ring (bicyclic) bond motifs is 2. The van der Waals surface area contributed by atoms with Crippen molar-refractivity contribution in [3.8, 4) is 0 Å². The zero-order valence-corrected chi connectivity index (χ0v) is 12.0. The molecule has 3 aliphatic rings. The summed E-state index contributed by atoms with van der Waals surface area (Å²) < 4.78 is 23.1. The summed E-state index contributed by atoms with van der Waals surface area (Å²) in [7, 11) is 1.71. The highest BCUT2D eigenvalue weighted by Gasteiger charge is 2.73. The van der Waals surface area contributed by atoms with Gasteiger partial charge >= 0.3 is 0 Å². The normalized spacial score (nSPS) is 50.8. The van der Waals surface area contributed by atoms with Crippen LogP contribution in [0.3, 0.4) is 0 Å². The van der Waals surface area contributed by atoms with Crippen molar-refractivity contribution >= 4 is 15.9 Å². The van der Waals surface area contributed by atoms with E-state index in [1.165, 1.54) is 0 Å². The molecule has 5 atom stereocenters. The Bertz CT molecular complexity index is 322. The van der Waals surface area contributed by atoms with Gasteiger partial charge in [-0.2, -0.15) is 0 Å². The lowest BCUT2D eigenvalue weighted by Gasteiger charge is -2.26. The van der Waals surface area contributed by atoms with E-state index in [4.69, 9.17) is 18.9 Å². The molecule has 3 rings (SSSR count). The van der Waals surface area contributed by atoms with Crippen LogP contribution in [0.1, 0.15) is 20.3 Å². The van der Waals surface area contributed by atoms with Crippen molar-refractivity contribution in [2.24, 2.45) is 11.3 Å². The molecule has 1 spiro atoms. The Morgan fingerprint density at radius 3 is 2.71 bits per heavy atom. The van der Waals surface area contributed by atoms with Crippen LogP contribution in [-0.2, 0) is 18.9 Å². The summed E-state index contributed by atoms with van der Waals surface area (Å²) in [5, 5.41) is 0.990. The average Bonchev–Trinajstić information content (AvgIpc) is 2.84. The molecule has 1 saturated carbocycles. The Labute approximate surface area is 110 Å². The molecule has 0 aromatic rings. The van der Waals surface area contributed by atoms with Gasteiger partial charge in [0.05, 0.1) is 12.7 Å². The third kappa shape index (κ3) is 1.70. The van der Waals surface area contributed by atoms with Gasteiger partial charge in [0, 0.05) is 17.9 Å². The Kier molecular flexibility index (Phi) is 2.84. The van der Waals surface area contributed by atoms with Gasteiger partial charge in [0.2, 0.25) is 0 Å². The van der Waals surface area contributed by atoms with Crippen LogP contribution in [-0.4, -0.2) is 43.3 Å². The first kappa shape index (κ1) is 12.4. The second-order valence-electron chi connectivity index (χ2n) is 5.67. The van der Waals surface area contributed by atoms with Crippen molar-refractivity contribution in [3.63, 3.8) is 0 Å². The van der Waals surface area contributed by atoms with Crippen LogP contribution in [0.25, 0.3) is 0 Å². The van der Waals surface area contributed by atoms with E-state index in [0.717, 1.165) is 11.8 Å². The summed E-state index contributed by atoms with van der Waals surface area (Å²) >= 11 is 3.57. The van der Waals surface area contributed by atoms with Gasteiger partial charge in [-0.25, -0.2) is 0 Å². The van der Waals surface area contributed by atoms with E-state index in [-0.39, 0.29) is 23.9 Å². The molecule has 0 N–H and O–H groups in total. The first-order chi connectivity index (χ1) is 8.03. The number of alkyl halides is 1. The van der Waals surface area contributed by atoms with E-state index >= 15 is 0 Å². The molecule has 1 unspecified atom stereocenters. The molecule has 5 heteroatoms. The van der Waals surface area contributed by atoms with Gasteiger partial charge in [0.15, 0.2) is 12.1 Å². The van der Waals surface area contributed by atoms with Crippen LogP contribution in [0.5, 0.6) is 0 Å². The van der Waals surface area contributed by atoms with Gasteiger partial charge in [-0.05, 0) is 26.2 Å². The van der Waals surface area contributed by atoms with Crippen molar-refractivity contribution in [1.29, 1.82) is 0 Å². The third-order valence-electron chi connectivity index (χ3n) is 4.19. The lowest BCUT2D eigenvalue weighted by atomic mass is 9.92. The first-order valence-electron chi connectivity index (χ1n) is 6.09. The quantitative estimate of drug-likeness (QED) is 0.747. The average molecular weight is 307 g/mol. The van der Waals surface area contributed by atoms with Gasteiger partial charge in [-0.1, -0.05) is 15.9 Å². The van der Waals surface area contributed by atoms with Gasteiger partial charge in [-0.3, -0.25) is 0 Å².